The first-order valence-corrected chi connectivity index (χ1v) is 6.09. The highest BCUT2D eigenvalue weighted by molar-refractivity contribution is 8.13. The Morgan fingerprint density at radius 2 is 2.24 bits per heavy atom. The monoisotopic (exact) mass is 250 g/mol. The number of thioether (sulfide) groups is 1. The Bertz CT molecular complexity index is 438. The highest BCUT2D eigenvalue weighted by Crippen LogP contribution is 2.18. The van der Waals surface area contributed by atoms with Crippen LogP contribution in [0.25, 0.3) is 6.08 Å². The molecule has 0 bridgehead atoms. The zero-order valence-electron chi connectivity index (χ0n) is 9.80. The summed E-state index contributed by atoms with van der Waals surface area (Å²) in [5.74, 6) is 1.20. The van der Waals surface area contributed by atoms with Crippen LogP contribution in [0.5, 0.6) is 5.75 Å². The van der Waals surface area contributed by atoms with Crippen molar-refractivity contribution < 1.29 is 14.3 Å². The molecule has 0 saturated carbocycles. The molecule has 90 valence electrons. The van der Waals surface area contributed by atoms with Gasteiger partial charge in [0.15, 0.2) is 11.4 Å². The molecule has 0 fully saturated rings. The number of carbonyl (C=O) groups is 2. The predicted molar refractivity (Wildman–Crippen MR) is 70.6 cm³/mol. The van der Waals surface area contributed by atoms with Crippen molar-refractivity contribution in [3.05, 3.63) is 35.4 Å². The first-order chi connectivity index (χ1) is 8.17. The van der Waals surface area contributed by atoms with E-state index in [2.05, 4.69) is 0 Å². The summed E-state index contributed by atoms with van der Waals surface area (Å²) in [7, 11) is 1.53. The lowest BCUT2D eigenvalue weighted by Crippen LogP contribution is -1.90. The van der Waals surface area contributed by atoms with E-state index in [1.165, 1.54) is 25.8 Å². The second kappa shape index (κ2) is 6.91. The zero-order chi connectivity index (χ0) is 12.7. The van der Waals surface area contributed by atoms with Crippen molar-refractivity contribution >= 4 is 29.2 Å². The van der Waals surface area contributed by atoms with E-state index in [9.17, 15) is 9.59 Å². The fraction of sp³-hybridized carbons (Fsp3) is 0.231. The standard InChI is InChI=1S/C13H14O3S/c1-10(15)17-7-3-4-11-5-6-13(16-2)12(8-11)9-14/h3-6,8-9H,7H2,1-2H3. The molecular formula is C13H14O3S. The van der Waals surface area contributed by atoms with E-state index in [1.807, 2.05) is 18.2 Å². The molecule has 0 saturated heterocycles. The van der Waals surface area contributed by atoms with Crippen LogP contribution in [0.3, 0.4) is 0 Å². The van der Waals surface area contributed by atoms with Gasteiger partial charge in [-0.05, 0) is 17.7 Å². The Morgan fingerprint density at radius 3 is 2.82 bits per heavy atom. The van der Waals surface area contributed by atoms with Crippen molar-refractivity contribution in [3.8, 4) is 5.75 Å². The van der Waals surface area contributed by atoms with Gasteiger partial charge in [0, 0.05) is 12.7 Å². The molecule has 0 atom stereocenters. The molecular weight excluding hydrogens is 236 g/mol. The molecule has 0 aromatic heterocycles. The van der Waals surface area contributed by atoms with Gasteiger partial charge in [-0.2, -0.15) is 0 Å². The van der Waals surface area contributed by atoms with Crippen LogP contribution < -0.4 is 4.74 Å². The van der Waals surface area contributed by atoms with Gasteiger partial charge in [-0.3, -0.25) is 9.59 Å². The van der Waals surface area contributed by atoms with Crippen LogP contribution in [-0.2, 0) is 4.79 Å². The number of ether oxygens (including phenoxy) is 1. The van der Waals surface area contributed by atoms with E-state index in [0.717, 1.165) is 11.8 Å². The molecule has 1 rings (SSSR count). The van der Waals surface area contributed by atoms with Crippen molar-refractivity contribution in [3.63, 3.8) is 0 Å². The molecule has 0 N–H and O–H groups in total. The van der Waals surface area contributed by atoms with Crippen LogP contribution in [-0.4, -0.2) is 24.3 Å². The maximum atomic E-state index is 10.8. The fourth-order valence-electron chi connectivity index (χ4n) is 1.30. The van der Waals surface area contributed by atoms with Crippen LogP contribution in [0.15, 0.2) is 24.3 Å². The maximum Gasteiger partial charge on any atom is 0.186 e. The van der Waals surface area contributed by atoms with Crippen molar-refractivity contribution in [2.24, 2.45) is 0 Å². The van der Waals surface area contributed by atoms with Crippen LogP contribution >= 0.6 is 11.8 Å². The van der Waals surface area contributed by atoms with E-state index >= 15 is 0 Å². The van der Waals surface area contributed by atoms with Crippen LogP contribution in [0, 0.1) is 0 Å². The van der Waals surface area contributed by atoms with Crippen molar-refractivity contribution in [1.29, 1.82) is 0 Å². The lowest BCUT2D eigenvalue weighted by molar-refractivity contribution is -0.109. The number of carbonyl (C=O) groups excluding carboxylic acids is 2. The summed E-state index contributed by atoms with van der Waals surface area (Å²) in [6, 6.07) is 5.36. The van der Waals surface area contributed by atoms with Crippen LogP contribution in [0.4, 0.5) is 0 Å². The van der Waals surface area contributed by atoms with E-state index in [1.54, 1.807) is 12.1 Å². The Hall–Kier alpha value is -1.55. The Labute approximate surface area is 105 Å². The average Bonchev–Trinajstić information content (AvgIpc) is 2.34. The Kier molecular flexibility index (Phi) is 5.49. The minimum Gasteiger partial charge on any atom is -0.496 e. The smallest absolute Gasteiger partial charge is 0.186 e. The maximum absolute atomic E-state index is 10.8. The number of rotatable bonds is 5. The molecule has 0 unspecified atom stereocenters. The first-order valence-electron chi connectivity index (χ1n) is 5.10. The summed E-state index contributed by atoms with van der Waals surface area (Å²) in [6.07, 6.45) is 4.53. The number of methoxy groups -OCH3 is 1. The molecule has 0 aliphatic heterocycles. The molecule has 1 aromatic carbocycles. The van der Waals surface area contributed by atoms with Gasteiger partial charge >= 0.3 is 0 Å². The third-order valence-electron chi connectivity index (χ3n) is 2.07. The van der Waals surface area contributed by atoms with E-state index in [0.29, 0.717) is 17.1 Å². The van der Waals surface area contributed by atoms with Gasteiger partial charge in [0.2, 0.25) is 0 Å². The minimum absolute atomic E-state index is 0.0953. The van der Waals surface area contributed by atoms with E-state index in [4.69, 9.17) is 4.74 Å². The third kappa shape index (κ3) is 4.44. The summed E-state index contributed by atoms with van der Waals surface area (Å²) in [6.45, 7) is 1.54. The molecule has 1 aromatic rings. The summed E-state index contributed by atoms with van der Waals surface area (Å²) >= 11 is 1.25. The molecule has 0 amide bonds. The summed E-state index contributed by atoms with van der Waals surface area (Å²) in [4.78, 5) is 21.5. The number of hydrogen-bond donors (Lipinski definition) is 0. The molecule has 0 aliphatic carbocycles. The minimum atomic E-state index is 0.0953. The second-order valence-corrected chi connectivity index (χ2v) is 4.52. The highest BCUT2D eigenvalue weighted by Gasteiger charge is 2.01. The summed E-state index contributed by atoms with van der Waals surface area (Å²) < 4.78 is 5.04. The first kappa shape index (κ1) is 13.5. The SMILES string of the molecule is COc1ccc(C=CCSC(C)=O)cc1C=O. The van der Waals surface area contributed by atoms with Crippen molar-refractivity contribution in [1.82, 2.24) is 0 Å². The van der Waals surface area contributed by atoms with Gasteiger partial charge in [0.25, 0.3) is 0 Å². The molecule has 0 aliphatic rings. The molecule has 4 heteroatoms. The van der Waals surface area contributed by atoms with Gasteiger partial charge in [0.05, 0.1) is 12.7 Å². The van der Waals surface area contributed by atoms with Gasteiger partial charge < -0.3 is 4.74 Å². The molecule has 0 heterocycles. The molecule has 3 nitrogen and oxygen atoms in total. The quantitative estimate of drug-likeness (QED) is 0.754. The lowest BCUT2D eigenvalue weighted by Gasteiger charge is -2.03. The predicted octanol–water partition coefficient (Wildman–Crippen LogP) is 2.80. The topological polar surface area (TPSA) is 43.4 Å². The molecule has 0 radical (unpaired) electrons. The van der Waals surface area contributed by atoms with Crippen LogP contribution in [0.2, 0.25) is 0 Å². The van der Waals surface area contributed by atoms with Gasteiger partial charge in [-0.15, -0.1) is 0 Å². The number of benzene rings is 1. The number of hydrogen-bond acceptors (Lipinski definition) is 4. The van der Waals surface area contributed by atoms with Gasteiger partial charge in [0.1, 0.15) is 5.75 Å². The summed E-state index contributed by atoms with van der Waals surface area (Å²) in [5, 5.41) is 0.0953. The third-order valence-corrected chi connectivity index (χ3v) is 2.84. The molecule has 0 spiro atoms. The van der Waals surface area contributed by atoms with Gasteiger partial charge in [-0.25, -0.2) is 0 Å². The Balaban J connectivity index is 2.72. The Morgan fingerprint density at radius 1 is 1.47 bits per heavy atom. The average molecular weight is 250 g/mol. The fourth-order valence-corrected chi connectivity index (χ4v) is 1.73. The van der Waals surface area contributed by atoms with E-state index in [-0.39, 0.29) is 5.12 Å². The zero-order valence-corrected chi connectivity index (χ0v) is 10.6. The van der Waals surface area contributed by atoms with Gasteiger partial charge in [-0.1, -0.05) is 30.0 Å². The largest absolute Gasteiger partial charge is 0.496 e. The number of aldehydes is 1. The molecule has 17 heavy (non-hydrogen) atoms. The van der Waals surface area contributed by atoms with E-state index < -0.39 is 0 Å². The lowest BCUT2D eigenvalue weighted by atomic mass is 10.1. The van der Waals surface area contributed by atoms with Crippen LogP contribution in [0.1, 0.15) is 22.8 Å². The second-order valence-electron chi connectivity index (χ2n) is 3.32. The van der Waals surface area contributed by atoms with Crippen molar-refractivity contribution in [2.45, 2.75) is 6.92 Å². The normalized spacial score (nSPS) is 10.5. The summed E-state index contributed by atoms with van der Waals surface area (Å²) in [5.41, 5.74) is 1.44. The van der Waals surface area contributed by atoms with Crippen molar-refractivity contribution in [2.75, 3.05) is 12.9 Å². The highest BCUT2D eigenvalue weighted by atomic mass is 32.2.